The molecule has 1 heterocycles. The molecule has 1 N–H and O–H groups in total. The summed E-state index contributed by atoms with van der Waals surface area (Å²) in [5.74, 6) is -3.11. The fourth-order valence-electron chi connectivity index (χ4n) is 5.06. The summed E-state index contributed by atoms with van der Waals surface area (Å²) < 4.78 is 10.5. The van der Waals surface area contributed by atoms with Crippen molar-refractivity contribution < 1.29 is 23.9 Å². The second-order valence-corrected chi connectivity index (χ2v) is 9.48. The van der Waals surface area contributed by atoms with Gasteiger partial charge >= 0.3 is 11.9 Å². The molecule has 1 aliphatic heterocycles. The summed E-state index contributed by atoms with van der Waals surface area (Å²) in [7, 11) is 1.29. The zero-order valence-corrected chi connectivity index (χ0v) is 20.8. The van der Waals surface area contributed by atoms with E-state index in [9.17, 15) is 14.4 Å². The number of allylic oxidation sites excluding steroid dienone is 3. The largest absolute Gasteiger partial charge is 0.468 e. The van der Waals surface area contributed by atoms with Crippen LogP contribution in [0.25, 0.3) is 11.1 Å². The standard InChI is InChI=1S/C29H31NO5/c1-16(2)35-29(33)24-18(4)30-22-15-17(3)23(28(32)34-5)27(31)26(22)25(24)21-13-11-20(12-14-21)19-9-7-6-8-10-19/h6-14,16-17,23,25,30H,15H2,1-5H3/t17-,23+,25+/m1/s1. The Morgan fingerprint density at radius 3 is 2.23 bits per heavy atom. The predicted molar refractivity (Wildman–Crippen MR) is 133 cm³/mol. The average Bonchev–Trinajstić information content (AvgIpc) is 2.83. The first-order chi connectivity index (χ1) is 16.7. The number of carbonyl (C=O) groups excluding carboxylic acids is 3. The first-order valence-electron chi connectivity index (χ1n) is 11.9. The first-order valence-corrected chi connectivity index (χ1v) is 11.9. The van der Waals surface area contributed by atoms with Crippen molar-refractivity contribution in [3.8, 4) is 11.1 Å². The lowest BCUT2D eigenvalue weighted by Crippen LogP contribution is -2.43. The van der Waals surface area contributed by atoms with E-state index in [1.807, 2.05) is 68.4 Å². The minimum absolute atomic E-state index is 0.223. The smallest absolute Gasteiger partial charge is 0.337 e. The van der Waals surface area contributed by atoms with Gasteiger partial charge in [-0.25, -0.2) is 4.79 Å². The number of carbonyl (C=O) groups is 3. The van der Waals surface area contributed by atoms with E-state index in [-0.39, 0.29) is 17.8 Å². The van der Waals surface area contributed by atoms with Crippen LogP contribution >= 0.6 is 0 Å². The van der Waals surface area contributed by atoms with Crippen LogP contribution in [0.3, 0.4) is 0 Å². The van der Waals surface area contributed by atoms with E-state index < -0.39 is 23.8 Å². The molecule has 0 spiro atoms. The zero-order valence-electron chi connectivity index (χ0n) is 20.8. The van der Waals surface area contributed by atoms with Crippen LogP contribution in [0.5, 0.6) is 0 Å². The van der Waals surface area contributed by atoms with Crippen molar-refractivity contribution in [3.63, 3.8) is 0 Å². The lowest BCUT2D eigenvalue weighted by molar-refractivity contribution is -0.151. The number of nitrogens with one attached hydrogen (secondary N) is 1. The third-order valence-electron chi connectivity index (χ3n) is 6.66. The van der Waals surface area contributed by atoms with Crippen LogP contribution in [-0.2, 0) is 23.9 Å². The second-order valence-electron chi connectivity index (χ2n) is 9.48. The predicted octanol–water partition coefficient (Wildman–Crippen LogP) is 4.92. The summed E-state index contributed by atoms with van der Waals surface area (Å²) in [5.41, 5.74) is 5.12. The van der Waals surface area contributed by atoms with Crippen molar-refractivity contribution in [2.24, 2.45) is 11.8 Å². The lowest BCUT2D eigenvalue weighted by Gasteiger charge is -2.38. The molecule has 0 fully saturated rings. The van der Waals surface area contributed by atoms with Crippen molar-refractivity contribution in [2.75, 3.05) is 7.11 Å². The first kappa shape index (κ1) is 24.5. The number of dihydropyridines is 1. The van der Waals surface area contributed by atoms with Crippen LogP contribution in [0.4, 0.5) is 0 Å². The lowest BCUT2D eigenvalue weighted by atomic mass is 9.69. The van der Waals surface area contributed by atoms with Crippen molar-refractivity contribution in [1.82, 2.24) is 5.32 Å². The number of benzene rings is 2. The summed E-state index contributed by atoms with van der Waals surface area (Å²) in [6.45, 7) is 7.28. The molecule has 3 atom stereocenters. The molecular weight excluding hydrogens is 442 g/mol. The number of Topliss-reactive ketones (excluding diaryl/α,β-unsaturated/α-hetero) is 1. The van der Waals surface area contributed by atoms with Crippen molar-refractivity contribution >= 4 is 17.7 Å². The highest BCUT2D eigenvalue weighted by Crippen LogP contribution is 2.45. The minimum atomic E-state index is -0.910. The van der Waals surface area contributed by atoms with E-state index in [4.69, 9.17) is 9.47 Å². The number of rotatable bonds is 5. The van der Waals surface area contributed by atoms with Gasteiger partial charge in [0.25, 0.3) is 0 Å². The summed E-state index contributed by atoms with van der Waals surface area (Å²) >= 11 is 0. The van der Waals surface area contributed by atoms with Crippen molar-refractivity contribution in [3.05, 3.63) is 82.7 Å². The van der Waals surface area contributed by atoms with Gasteiger partial charge in [-0.3, -0.25) is 9.59 Å². The molecule has 0 saturated carbocycles. The van der Waals surface area contributed by atoms with Gasteiger partial charge < -0.3 is 14.8 Å². The molecule has 2 aromatic carbocycles. The molecule has 0 amide bonds. The van der Waals surface area contributed by atoms with Gasteiger partial charge in [0.2, 0.25) is 0 Å². The number of hydrogen-bond acceptors (Lipinski definition) is 6. The van der Waals surface area contributed by atoms with Gasteiger partial charge in [0.1, 0.15) is 5.92 Å². The molecule has 0 aromatic heterocycles. The molecule has 182 valence electrons. The van der Waals surface area contributed by atoms with Gasteiger partial charge in [0, 0.05) is 22.9 Å². The van der Waals surface area contributed by atoms with Gasteiger partial charge in [-0.2, -0.15) is 0 Å². The molecule has 0 saturated heterocycles. The Bertz CT molecular complexity index is 1210. The molecule has 2 aromatic rings. The van der Waals surface area contributed by atoms with Crippen LogP contribution in [0.1, 0.15) is 45.6 Å². The van der Waals surface area contributed by atoms with E-state index in [1.54, 1.807) is 13.8 Å². The Morgan fingerprint density at radius 1 is 1.00 bits per heavy atom. The molecule has 6 heteroatoms. The van der Waals surface area contributed by atoms with Gasteiger partial charge in [0.15, 0.2) is 5.78 Å². The zero-order chi connectivity index (χ0) is 25.3. The fraction of sp³-hybridized carbons (Fsp3) is 0.345. The average molecular weight is 474 g/mol. The van der Waals surface area contributed by atoms with E-state index in [1.165, 1.54) is 7.11 Å². The van der Waals surface area contributed by atoms with Gasteiger partial charge in [-0.15, -0.1) is 0 Å². The molecule has 0 radical (unpaired) electrons. The Morgan fingerprint density at radius 2 is 1.63 bits per heavy atom. The van der Waals surface area contributed by atoms with Crippen molar-refractivity contribution in [1.29, 1.82) is 0 Å². The summed E-state index contributed by atoms with van der Waals surface area (Å²) in [5, 5.41) is 3.28. The summed E-state index contributed by atoms with van der Waals surface area (Å²) in [4.78, 5) is 39.6. The Labute approximate surface area is 206 Å². The monoisotopic (exact) mass is 473 g/mol. The van der Waals surface area contributed by atoms with Gasteiger partial charge in [-0.1, -0.05) is 61.5 Å². The molecule has 0 unspecified atom stereocenters. The maximum absolute atomic E-state index is 13.8. The van der Waals surface area contributed by atoms with Crippen LogP contribution in [0, 0.1) is 11.8 Å². The fourth-order valence-corrected chi connectivity index (χ4v) is 5.06. The molecule has 0 bridgehead atoms. The molecule has 35 heavy (non-hydrogen) atoms. The molecule has 2 aliphatic rings. The number of esters is 2. The maximum atomic E-state index is 13.8. The third-order valence-corrected chi connectivity index (χ3v) is 6.66. The van der Waals surface area contributed by atoms with Gasteiger partial charge in [0.05, 0.1) is 18.8 Å². The van der Waals surface area contributed by atoms with E-state index >= 15 is 0 Å². The quantitative estimate of drug-likeness (QED) is 0.490. The Hall–Kier alpha value is -3.67. The highest BCUT2D eigenvalue weighted by Gasteiger charge is 2.47. The number of ketones is 1. The van der Waals surface area contributed by atoms with Crippen LogP contribution in [-0.4, -0.2) is 30.9 Å². The molecule has 6 nitrogen and oxygen atoms in total. The summed E-state index contributed by atoms with van der Waals surface area (Å²) in [6, 6.07) is 17.8. The molecular formula is C29H31NO5. The maximum Gasteiger partial charge on any atom is 0.337 e. The third kappa shape index (κ3) is 4.65. The van der Waals surface area contributed by atoms with Crippen molar-refractivity contribution in [2.45, 2.75) is 46.1 Å². The Balaban J connectivity index is 1.84. The van der Waals surface area contributed by atoms with Gasteiger partial charge in [-0.05, 0) is 49.8 Å². The highest BCUT2D eigenvalue weighted by atomic mass is 16.5. The summed E-state index contributed by atoms with van der Waals surface area (Å²) in [6.07, 6.45) is 0.188. The van der Waals surface area contributed by atoms with E-state index in [0.29, 0.717) is 23.3 Å². The van der Waals surface area contributed by atoms with E-state index in [0.717, 1.165) is 22.4 Å². The number of methoxy groups -OCH3 is 1. The molecule has 4 rings (SSSR count). The number of ether oxygens (including phenoxy) is 2. The molecule has 1 aliphatic carbocycles. The topological polar surface area (TPSA) is 81.7 Å². The normalized spacial score (nSPS) is 22.0. The second kappa shape index (κ2) is 9.90. The minimum Gasteiger partial charge on any atom is -0.468 e. The van der Waals surface area contributed by atoms with E-state index in [2.05, 4.69) is 5.32 Å². The Kier molecular flexibility index (Phi) is 6.92. The van der Waals surface area contributed by atoms with Crippen LogP contribution < -0.4 is 5.32 Å². The SMILES string of the molecule is COC(=O)[C@@H]1C(=O)C2=C(C[C@H]1C)NC(C)=C(C(=O)OC(C)C)[C@@H]2c1ccc(-c2ccccc2)cc1. The highest BCUT2D eigenvalue weighted by molar-refractivity contribution is 6.12. The number of hydrogen-bond donors (Lipinski definition) is 1. The van der Waals surface area contributed by atoms with Crippen LogP contribution in [0.2, 0.25) is 0 Å². The van der Waals surface area contributed by atoms with Crippen LogP contribution in [0.15, 0.2) is 77.1 Å².